The summed E-state index contributed by atoms with van der Waals surface area (Å²) >= 11 is 1.63. The Morgan fingerprint density at radius 2 is 1.89 bits per heavy atom. The van der Waals surface area contributed by atoms with Crippen molar-refractivity contribution in [2.75, 3.05) is 0 Å². The van der Waals surface area contributed by atoms with Gasteiger partial charge in [-0.3, -0.25) is 4.99 Å². The highest BCUT2D eigenvalue weighted by Crippen LogP contribution is 2.34. The minimum atomic E-state index is -0.527. The second kappa shape index (κ2) is 4.61. The SMILES string of the molecule is Fc1cccc(F)c1C1=NC(c2cccs2)CC1. The topological polar surface area (TPSA) is 12.4 Å². The Balaban J connectivity index is 1.97. The Morgan fingerprint density at radius 3 is 2.56 bits per heavy atom. The number of aliphatic imine (C=N–C) groups is 1. The number of thiophene rings is 1. The van der Waals surface area contributed by atoms with Crippen molar-refractivity contribution < 1.29 is 8.78 Å². The lowest BCUT2D eigenvalue weighted by atomic mass is 10.1. The molecule has 1 aliphatic heterocycles. The monoisotopic (exact) mass is 263 g/mol. The third-order valence-electron chi connectivity index (χ3n) is 3.09. The molecule has 2 aromatic rings. The van der Waals surface area contributed by atoms with Gasteiger partial charge in [0.2, 0.25) is 0 Å². The maximum Gasteiger partial charge on any atom is 0.135 e. The standard InChI is InChI=1S/C14H11F2NS/c15-9-3-1-4-10(16)14(9)12-7-6-11(17-12)13-5-2-8-18-13/h1-5,8,11H,6-7H2. The molecule has 0 spiro atoms. The van der Waals surface area contributed by atoms with E-state index in [-0.39, 0.29) is 11.6 Å². The van der Waals surface area contributed by atoms with E-state index in [0.29, 0.717) is 12.1 Å². The molecule has 0 N–H and O–H groups in total. The van der Waals surface area contributed by atoms with Gasteiger partial charge in [-0.05, 0) is 36.4 Å². The average molecular weight is 263 g/mol. The zero-order valence-corrected chi connectivity index (χ0v) is 10.4. The molecule has 4 heteroatoms. The minimum absolute atomic E-state index is 0.0385. The molecular formula is C14H11F2NS. The molecule has 0 fully saturated rings. The molecule has 1 atom stereocenters. The van der Waals surface area contributed by atoms with Crippen molar-refractivity contribution in [3.63, 3.8) is 0 Å². The first-order valence-electron chi connectivity index (χ1n) is 5.80. The van der Waals surface area contributed by atoms with Crippen LogP contribution in [0.25, 0.3) is 0 Å². The molecule has 2 heterocycles. The molecule has 92 valence electrons. The van der Waals surface area contributed by atoms with E-state index in [1.54, 1.807) is 11.3 Å². The van der Waals surface area contributed by atoms with Gasteiger partial charge in [0.25, 0.3) is 0 Å². The third kappa shape index (κ3) is 1.97. The lowest BCUT2D eigenvalue weighted by molar-refractivity contribution is 0.578. The molecule has 1 aliphatic rings. The predicted octanol–water partition coefficient (Wildman–Crippen LogP) is 4.35. The molecule has 1 aromatic heterocycles. The van der Waals surface area contributed by atoms with Gasteiger partial charge in [-0.2, -0.15) is 0 Å². The minimum Gasteiger partial charge on any atom is -0.280 e. The zero-order chi connectivity index (χ0) is 12.5. The van der Waals surface area contributed by atoms with Gasteiger partial charge in [-0.1, -0.05) is 12.1 Å². The van der Waals surface area contributed by atoms with Crippen LogP contribution in [0.2, 0.25) is 0 Å². The van der Waals surface area contributed by atoms with Crippen LogP contribution in [0, 0.1) is 11.6 Å². The number of benzene rings is 1. The molecule has 3 rings (SSSR count). The molecule has 0 saturated heterocycles. The van der Waals surface area contributed by atoms with Crippen LogP contribution in [0.4, 0.5) is 8.78 Å². The summed E-state index contributed by atoms with van der Waals surface area (Å²) in [5, 5.41) is 1.99. The van der Waals surface area contributed by atoms with Crippen LogP contribution in [-0.2, 0) is 0 Å². The van der Waals surface area contributed by atoms with Crippen molar-refractivity contribution in [2.45, 2.75) is 18.9 Å². The molecule has 1 aromatic carbocycles. The largest absolute Gasteiger partial charge is 0.280 e. The number of rotatable bonds is 2. The quantitative estimate of drug-likeness (QED) is 0.763. The zero-order valence-electron chi connectivity index (χ0n) is 9.57. The van der Waals surface area contributed by atoms with E-state index < -0.39 is 11.6 Å². The molecule has 0 aliphatic carbocycles. The second-order valence-electron chi connectivity index (χ2n) is 4.24. The first kappa shape index (κ1) is 11.5. The number of hydrogen-bond acceptors (Lipinski definition) is 2. The molecule has 0 amide bonds. The Morgan fingerprint density at radius 1 is 1.11 bits per heavy atom. The molecule has 18 heavy (non-hydrogen) atoms. The molecule has 0 saturated carbocycles. The summed E-state index contributed by atoms with van der Waals surface area (Å²) in [6.07, 6.45) is 1.45. The van der Waals surface area contributed by atoms with Crippen LogP contribution >= 0.6 is 11.3 Å². The fourth-order valence-electron chi connectivity index (χ4n) is 2.24. The van der Waals surface area contributed by atoms with Crippen molar-refractivity contribution in [3.8, 4) is 0 Å². The van der Waals surface area contributed by atoms with Gasteiger partial charge in [0.05, 0.1) is 11.6 Å². The van der Waals surface area contributed by atoms with Gasteiger partial charge in [-0.25, -0.2) is 8.78 Å². The van der Waals surface area contributed by atoms with E-state index in [1.165, 1.54) is 18.2 Å². The van der Waals surface area contributed by atoms with Gasteiger partial charge in [-0.15, -0.1) is 11.3 Å². The fourth-order valence-corrected chi connectivity index (χ4v) is 3.04. The van der Waals surface area contributed by atoms with Crippen molar-refractivity contribution in [1.82, 2.24) is 0 Å². The molecule has 0 radical (unpaired) electrons. The summed E-state index contributed by atoms with van der Waals surface area (Å²) in [4.78, 5) is 5.62. The van der Waals surface area contributed by atoms with E-state index in [4.69, 9.17) is 0 Å². The lowest BCUT2D eigenvalue weighted by Gasteiger charge is -2.03. The highest BCUT2D eigenvalue weighted by molar-refractivity contribution is 7.10. The summed E-state index contributed by atoms with van der Waals surface area (Å²) in [5.74, 6) is -1.05. The molecule has 0 bridgehead atoms. The Kier molecular flexibility index (Phi) is 2.96. The van der Waals surface area contributed by atoms with E-state index in [0.717, 1.165) is 11.3 Å². The summed E-state index contributed by atoms with van der Waals surface area (Å²) in [5.41, 5.74) is 0.584. The van der Waals surface area contributed by atoms with E-state index in [2.05, 4.69) is 4.99 Å². The van der Waals surface area contributed by atoms with Gasteiger partial charge >= 0.3 is 0 Å². The first-order chi connectivity index (χ1) is 8.75. The summed E-state index contributed by atoms with van der Waals surface area (Å²) < 4.78 is 27.3. The number of hydrogen-bond donors (Lipinski definition) is 0. The molecule has 1 nitrogen and oxygen atoms in total. The number of nitrogens with zero attached hydrogens (tertiary/aromatic N) is 1. The van der Waals surface area contributed by atoms with Crippen LogP contribution in [0.1, 0.15) is 29.3 Å². The highest BCUT2D eigenvalue weighted by Gasteiger charge is 2.24. The van der Waals surface area contributed by atoms with Gasteiger partial charge in [0.15, 0.2) is 0 Å². The van der Waals surface area contributed by atoms with Crippen molar-refractivity contribution >= 4 is 17.0 Å². The maximum atomic E-state index is 13.7. The summed E-state index contributed by atoms with van der Waals surface area (Å²) in [6.45, 7) is 0. The first-order valence-corrected chi connectivity index (χ1v) is 6.68. The van der Waals surface area contributed by atoms with Crippen LogP contribution < -0.4 is 0 Å². The predicted molar refractivity (Wildman–Crippen MR) is 69.2 cm³/mol. The fraction of sp³-hybridized carbons (Fsp3) is 0.214. The Hall–Kier alpha value is -1.55. The molecular weight excluding hydrogens is 252 g/mol. The molecule has 1 unspecified atom stereocenters. The van der Waals surface area contributed by atoms with Crippen molar-refractivity contribution in [1.29, 1.82) is 0 Å². The van der Waals surface area contributed by atoms with Crippen LogP contribution in [0.3, 0.4) is 0 Å². The van der Waals surface area contributed by atoms with Crippen LogP contribution in [0.15, 0.2) is 40.7 Å². The van der Waals surface area contributed by atoms with Gasteiger partial charge in [0.1, 0.15) is 11.6 Å². The Bertz CT molecular complexity index is 570. The van der Waals surface area contributed by atoms with Crippen LogP contribution in [-0.4, -0.2) is 5.71 Å². The lowest BCUT2D eigenvalue weighted by Crippen LogP contribution is -2.03. The van der Waals surface area contributed by atoms with E-state index in [9.17, 15) is 8.78 Å². The third-order valence-corrected chi connectivity index (χ3v) is 4.06. The normalized spacial score (nSPS) is 19.0. The second-order valence-corrected chi connectivity index (χ2v) is 5.22. The van der Waals surface area contributed by atoms with Gasteiger partial charge in [0, 0.05) is 10.6 Å². The maximum absolute atomic E-state index is 13.7. The average Bonchev–Trinajstić information content (AvgIpc) is 2.99. The summed E-state index contributed by atoms with van der Waals surface area (Å²) in [7, 11) is 0. The van der Waals surface area contributed by atoms with Gasteiger partial charge < -0.3 is 0 Å². The van der Waals surface area contributed by atoms with Crippen molar-refractivity contribution in [3.05, 3.63) is 57.8 Å². The van der Waals surface area contributed by atoms with E-state index in [1.807, 2.05) is 17.5 Å². The number of halogens is 2. The van der Waals surface area contributed by atoms with E-state index >= 15 is 0 Å². The van der Waals surface area contributed by atoms with Crippen molar-refractivity contribution in [2.24, 2.45) is 4.99 Å². The smallest absolute Gasteiger partial charge is 0.135 e. The Labute approximate surface area is 108 Å². The van der Waals surface area contributed by atoms with Crippen LogP contribution in [0.5, 0.6) is 0 Å². The highest BCUT2D eigenvalue weighted by atomic mass is 32.1. The summed E-state index contributed by atoms with van der Waals surface area (Å²) in [6, 6.07) is 7.97.